The van der Waals surface area contributed by atoms with Crippen molar-refractivity contribution in [2.45, 2.75) is 59.0 Å². The average molecular weight is 279 g/mol. The van der Waals surface area contributed by atoms with Crippen LogP contribution >= 0.6 is 0 Å². The zero-order valence-electron chi connectivity index (χ0n) is 13.4. The maximum atomic E-state index is 5.57. The summed E-state index contributed by atoms with van der Waals surface area (Å²) in [4.78, 5) is 0. The van der Waals surface area contributed by atoms with Crippen molar-refractivity contribution >= 4 is 0 Å². The molecule has 0 bridgehead atoms. The zero-order valence-corrected chi connectivity index (χ0v) is 13.4. The molecule has 1 N–H and O–H groups in total. The second kappa shape index (κ2) is 6.27. The minimum Gasteiger partial charge on any atom is -0.381 e. The molecule has 1 aliphatic rings. The molecule has 0 aliphatic carbocycles. The Labute approximate surface area is 122 Å². The normalized spacial score (nSPS) is 19.2. The van der Waals surface area contributed by atoms with Crippen molar-refractivity contribution in [2.24, 2.45) is 5.41 Å². The van der Waals surface area contributed by atoms with Gasteiger partial charge in [-0.3, -0.25) is 4.68 Å². The van der Waals surface area contributed by atoms with Crippen molar-refractivity contribution in [1.82, 2.24) is 15.1 Å². The molecule has 1 aliphatic heterocycles. The smallest absolute Gasteiger partial charge is 0.0521 e. The lowest BCUT2D eigenvalue weighted by Gasteiger charge is -2.39. The molecule has 1 aromatic rings. The Hall–Kier alpha value is -0.870. The van der Waals surface area contributed by atoms with Crippen LogP contribution in [0.5, 0.6) is 0 Å². The minimum absolute atomic E-state index is 0.166. The summed E-state index contributed by atoms with van der Waals surface area (Å²) < 4.78 is 7.59. The summed E-state index contributed by atoms with van der Waals surface area (Å²) in [5.41, 5.74) is 1.83. The first-order chi connectivity index (χ1) is 9.42. The molecule has 0 aromatic carbocycles. The summed E-state index contributed by atoms with van der Waals surface area (Å²) in [6, 6.07) is 0. The van der Waals surface area contributed by atoms with E-state index in [4.69, 9.17) is 4.74 Å². The molecule has 114 valence electrons. The van der Waals surface area contributed by atoms with Crippen LogP contribution in [0, 0.1) is 5.41 Å². The van der Waals surface area contributed by atoms with E-state index in [0.717, 1.165) is 45.6 Å². The quantitative estimate of drug-likeness (QED) is 0.900. The Balaban J connectivity index is 2.05. The molecule has 1 saturated heterocycles. The van der Waals surface area contributed by atoms with E-state index in [1.54, 1.807) is 0 Å². The molecular weight excluding hydrogens is 250 g/mol. The van der Waals surface area contributed by atoms with Crippen LogP contribution in [-0.2, 0) is 17.7 Å². The third kappa shape index (κ3) is 4.32. The Bertz CT molecular complexity index is 414. The minimum atomic E-state index is 0.166. The number of aromatic nitrogens is 2. The van der Waals surface area contributed by atoms with Crippen LogP contribution in [0.2, 0.25) is 0 Å². The number of ether oxygens (including phenoxy) is 1. The number of nitrogens with zero attached hydrogens (tertiary/aromatic N) is 2. The number of hydrogen-bond acceptors (Lipinski definition) is 3. The molecule has 1 aromatic heterocycles. The predicted molar refractivity (Wildman–Crippen MR) is 81.8 cm³/mol. The molecule has 0 unspecified atom stereocenters. The average Bonchev–Trinajstić information content (AvgIpc) is 2.84. The van der Waals surface area contributed by atoms with Gasteiger partial charge in [-0.05, 0) is 57.9 Å². The molecule has 0 atom stereocenters. The molecule has 2 rings (SSSR count). The van der Waals surface area contributed by atoms with E-state index in [-0.39, 0.29) is 5.54 Å². The second-order valence-electron chi connectivity index (χ2n) is 7.10. The van der Waals surface area contributed by atoms with Crippen molar-refractivity contribution in [2.75, 3.05) is 19.8 Å². The van der Waals surface area contributed by atoms with Crippen LogP contribution in [0.15, 0.2) is 12.4 Å². The number of aryl methyl sites for hydroxylation is 1. The van der Waals surface area contributed by atoms with Gasteiger partial charge in [0.25, 0.3) is 0 Å². The van der Waals surface area contributed by atoms with Gasteiger partial charge in [-0.25, -0.2) is 0 Å². The van der Waals surface area contributed by atoms with E-state index in [1.165, 1.54) is 5.56 Å². The van der Waals surface area contributed by atoms with Crippen LogP contribution in [-0.4, -0.2) is 35.1 Å². The topological polar surface area (TPSA) is 39.1 Å². The molecule has 0 saturated carbocycles. The highest BCUT2D eigenvalue weighted by Gasteiger charge is 2.34. The molecule has 4 heteroatoms. The first kappa shape index (κ1) is 15.5. The Morgan fingerprint density at radius 3 is 2.60 bits per heavy atom. The van der Waals surface area contributed by atoms with Gasteiger partial charge >= 0.3 is 0 Å². The number of nitrogens with one attached hydrogen (secondary N) is 1. The highest BCUT2D eigenvalue weighted by atomic mass is 16.5. The van der Waals surface area contributed by atoms with Crippen LogP contribution in [0.3, 0.4) is 0 Å². The van der Waals surface area contributed by atoms with Crippen molar-refractivity contribution in [3.63, 3.8) is 0 Å². The van der Waals surface area contributed by atoms with Crippen LogP contribution in [0.4, 0.5) is 0 Å². The van der Waals surface area contributed by atoms with Crippen molar-refractivity contribution in [3.05, 3.63) is 18.0 Å². The lowest BCUT2D eigenvalue weighted by molar-refractivity contribution is 0.0121. The van der Waals surface area contributed by atoms with Crippen LogP contribution in [0.25, 0.3) is 0 Å². The third-order valence-electron chi connectivity index (χ3n) is 4.14. The predicted octanol–water partition coefficient (Wildman–Crippen LogP) is 2.63. The lowest BCUT2D eigenvalue weighted by atomic mass is 9.75. The lowest BCUT2D eigenvalue weighted by Crippen LogP contribution is -2.47. The maximum absolute atomic E-state index is 5.57. The maximum Gasteiger partial charge on any atom is 0.0521 e. The van der Waals surface area contributed by atoms with Gasteiger partial charge in [-0.15, -0.1) is 0 Å². The number of hydrogen-bond donors (Lipinski definition) is 1. The van der Waals surface area contributed by atoms with Gasteiger partial charge < -0.3 is 10.1 Å². The summed E-state index contributed by atoms with van der Waals surface area (Å²) >= 11 is 0. The second-order valence-corrected chi connectivity index (χ2v) is 7.10. The highest BCUT2D eigenvalue weighted by molar-refractivity contribution is 5.09. The van der Waals surface area contributed by atoms with Crippen LogP contribution < -0.4 is 5.32 Å². The Kier molecular flexibility index (Phi) is 4.86. The van der Waals surface area contributed by atoms with Gasteiger partial charge in [0.2, 0.25) is 0 Å². The largest absolute Gasteiger partial charge is 0.381 e. The summed E-state index contributed by atoms with van der Waals surface area (Å²) in [5, 5.41) is 8.10. The number of rotatable bonds is 5. The SMILES string of the molecule is CCn1cc(CC2(CNC(C)(C)C)CCOCC2)cn1. The molecule has 0 radical (unpaired) electrons. The van der Waals surface area contributed by atoms with Gasteiger partial charge in [-0.2, -0.15) is 5.10 Å². The van der Waals surface area contributed by atoms with Gasteiger partial charge in [0.05, 0.1) is 6.20 Å². The molecule has 0 amide bonds. The monoisotopic (exact) mass is 279 g/mol. The fourth-order valence-corrected chi connectivity index (χ4v) is 2.78. The van der Waals surface area contributed by atoms with E-state index in [0.29, 0.717) is 5.41 Å². The van der Waals surface area contributed by atoms with Crippen LogP contribution in [0.1, 0.15) is 46.1 Å². The van der Waals surface area contributed by atoms with E-state index in [1.807, 2.05) is 10.9 Å². The van der Waals surface area contributed by atoms with Crippen molar-refractivity contribution in [3.8, 4) is 0 Å². The standard InChI is InChI=1S/C16H29N3O/c1-5-19-12-14(11-18-19)10-16(6-8-20-9-7-16)13-17-15(2,3)4/h11-12,17H,5-10,13H2,1-4H3. The highest BCUT2D eigenvalue weighted by Crippen LogP contribution is 2.34. The van der Waals surface area contributed by atoms with Gasteiger partial charge in [0.15, 0.2) is 0 Å². The zero-order chi connectivity index (χ0) is 14.6. The van der Waals surface area contributed by atoms with E-state index < -0.39 is 0 Å². The molecule has 4 nitrogen and oxygen atoms in total. The Morgan fingerprint density at radius 2 is 2.05 bits per heavy atom. The first-order valence-corrected chi connectivity index (χ1v) is 7.77. The van der Waals surface area contributed by atoms with Gasteiger partial charge in [-0.1, -0.05) is 0 Å². The summed E-state index contributed by atoms with van der Waals surface area (Å²) in [7, 11) is 0. The fourth-order valence-electron chi connectivity index (χ4n) is 2.78. The fraction of sp³-hybridized carbons (Fsp3) is 0.812. The molecule has 1 fully saturated rings. The van der Waals surface area contributed by atoms with Gasteiger partial charge in [0.1, 0.15) is 0 Å². The van der Waals surface area contributed by atoms with E-state index in [2.05, 4.69) is 44.3 Å². The summed E-state index contributed by atoms with van der Waals surface area (Å²) in [5.74, 6) is 0. The molecule has 2 heterocycles. The Morgan fingerprint density at radius 1 is 1.35 bits per heavy atom. The molecular formula is C16H29N3O. The molecule has 0 spiro atoms. The summed E-state index contributed by atoms with van der Waals surface area (Å²) in [6.45, 7) is 12.6. The van der Waals surface area contributed by atoms with Crippen molar-refractivity contribution in [1.29, 1.82) is 0 Å². The first-order valence-electron chi connectivity index (χ1n) is 7.77. The van der Waals surface area contributed by atoms with E-state index >= 15 is 0 Å². The summed E-state index contributed by atoms with van der Waals surface area (Å²) in [6.07, 6.45) is 7.58. The van der Waals surface area contributed by atoms with Crippen molar-refractivity contribution < 1.29 is 4.74 Å². The molecule has 20 heavy (non-hydrogen) atoms. The third-order valence-corrected chi connectivity index (χ3v) is 4.14. The van der Waals surface area contributed by atoms with E-state index in [9.17, 15) is 0 Å². The van der Waals surface area contributed by atoms with Gasteiger partial charge in [0, 0.05) is 38.0 Å².